The predicted octanol–water partition coefficient (Wildman–Crippen LogP) is 4.29. The molecule has 0 amide bonds. The SMILES string of the molecule is COc1cc(F)c(OC)c2c(O)cc(Cc3ccccc3)cc12. The van der Waals surface area contributed by atoms with Gasteiger partial charge in [-0.1, -0.05) is 30.3 Å². The largest absolute Gasteiger partial charge is 0.507 e. The standard InChI is InChI=1S/C19H17FO3/c1-22-17-11-15(20)19(23-2)18-14(17)9-13(10-16(18)21)8-12-6-4-3-5-7-12/h3-7,9-11,21H,8H2,1-2H3. The molecule has 0 aromatic heterocycles. The smallest absolute Gasteiger partial charge is 0.169 e. The average Bonchev–Trinajstić information content (AvgIpc) is 2.55. The van der Waals surface area contributed by atoms with Crippen molar-refractivity contribution in [2.45, 2.75) is 6.42 Å². The van der Waals surface area contributed by atoms with Crippen LogP contribution in [-0.4, -0.2) is 19.3 Å². The Morgan fingerprint density at radius 2 is 1.70 bits per heavy atom. The highest BCUT2D eigenvalue weighted by Crippen LogP contribution is 2.41. The summed E-state index contributed by atoms with van der Waals surface area (Å²) >= 11 is 0. The van der Waals surface area contributed by atoms with Gasteiger partial charge in [0.05, 0.1) is 19.6 Å². The van der Waals surface area contributed by atoms with E-state index < -0.39 is 5.82 Å². The Kier molecular flexibility index (Phi) is 4.06. The van der Waals surface area contributed by atoms with E-state index in [0.717, 1.165) is 11.1 Å². The summed E-state index contributed by atoms with van der Waals surface area (Å²) in [6.45, 7) is 0. The fraction of sp³-hybridized carbons (Fsp3) is 0.158. The minimum atomic E-state index is -0.567. The summed E-state index contributed by atoms with van der Waals surface area (Å²) in [5, 5.41) is 11.3. The Labute approximate surface area is 133 Å². The molecule has 0 radical (unpaired) electrons. The van der Waals surface area contributed by atoms with Gasteiger partial charge in [0.15, 0.2) is 11.6 Å². The first-order chi connectivity index (χ1) is 11.1. The van der Waals surface area contributed by atoms with Gasteiger partial charge in [-0.2, -0.15) is 0 Å². The number of hydrogen-bond acceptors (Lipinski definition) is 3. The van der Waals surface area contributed by atoms with Crippen LogP contribution in [0.2, 0.25) is 0 Å². The molecule has 0 aliphatic carbocycles. The van der Waals surface area contributed by atoms with Crippen LogP contribution in [0.5, 0.6) is 17.2 Å². The molecule has 0 aliphatic rings. The van der Waals surface area contributed by atoms with Crippen LogP contribution in [-0.2, 0) is 6.42 Å². The number of halogens is 1. The molecule has 0 bridgehead atoms. The summed E-state index contributed by atoms with van der Waals surface area (Å²) in [7, 11) is 2.85. The van der Waals surface area contributed by atoms with Gasteiger partial charge in [-0.25, -0.2) is 4.39 Å². The second-order valence-corrected chi connectivity index (χ2v) is 5.29. The van der Waals surface area contributed by atoms with Gasteiger partial charge < -0.3 is 14.6 Å². The Morgan fingerprint density at radius 3 is 2.35 bits per heavy atom. The maximum absolute atomic E-state index is 14.1. The molecule has 0 unspecified atom stereocenters. The van der Waals surface area contributed by atoms with Crippen molar-refractivity contribution in [1.82, 2.24) is 0 Å². The maximum atomic E-state index is 14.1. The third-order valence-electron chi connectivity index (χ3n) is 3.82. The Bertz CT molecular complexity index is 844. The van der Waals surface area contributed by atoms with Crippen molar-refractivity contribution in [3.8, 4) is 17.2 Å². The fourth-order valence-corrected chi connectivity index (χ4v) is 2.80. The molecule has 0 aliphatic heterocycles. The highest BCUT2D eigenvalue weighted by Gasteiger charge is 2.18. The molecule has 1 N–H and O–H groups in total. The first-order valence-corrected chi connectivity index (χ1v) is 7.24. The summed E-state index contributed by atoms with van der Waals surface area (Å²) in [6, 6.07) is 14.7. The van der Waals surface area contributed by atoms with E-state index in [4.69, 9.17) is 9.47 Å². The van der Waals surface area contributed by atoms with Gasteiger partial charge in [0.2, 0.25) is 0 Å². The summed E-state index contributed by atoms with van der Waals surface area (Å²) in [5.74, 6) is -0.209. The molecule has 0 saturated carbocycles. The van der Waals surface area contributed by atoms with E-state index in [0.29, 0.717) is 22.9 Å². The van der Waals surface area contributed by atoms with E-state index in [2.05, 4.69) is 0 Å². The number of methoxy groups -OCH3 is 2. The lowest BCUT2D eigenvalue weighted by atomic mass is 9.99. The minimum absolute atomic E-state index is 0.0181. The number of hydrogen-bond donors (Lipinski definition) is 1. The van der Waals surface area contributed by atoms with Gasteiger partial charge in [-0.15, -0.1) is 0 Å². The number of phenolic OH excluding ortho intramolecular Hbond substituents is 1. The Balaban J connectivity index is 2.19. The lowest BCUT2D eigenvalue weighted by Gasteiger charge is -2.14. The van der Waals surface area contributed by atoms with E-state index in [1.807, 2.05) is 36.4 Å². The van der Waals surface area contributed by atoms with Crippen LogP contribution in [0.1, 0.15) is 11.1 Å². The van der Waals surface area contributed by atoms with Gasteiger partial charge >= 0.3 is 0 Å². The van der Waals surface area contributed by atoms with Crippen LogP contribution < -0.4 is 9.47 Å². The predicted molar refractivity (Wildman–Crippen MR) is 87.9 cm³/mol. The zero-order chi connectivity index (χ0) is 16.4. The van der Waals surface area contributed by atoms with Crippen LogP contribution >= 0.6 is 0 Å². The Morgan fingerprint density at radius 1 is 0.957 bits per heavy atom. The maximum Gasteiger partial charge on any atom is 0.169 e. The van der Waals surface area contributed by atoms with Crippen molar-refractivity contribution in [2.75, 3.05) is 14.2 Å². The number of aromatic hydroxyl groups is 1. The molecular weight excluding hydrogens is 295 g/mol. The topological polar surface area (TPSA) is 38.7 Å². The molecule has 3 nitrogen and oxygen atoms in total. The molecule has 0 spiro atoms. The van der Waals surface area contributed by atoms with Crippen molar-refractivity contribution in [3.63, 3.8) is 0 Å². The number of phenols is 1. The molecule has 0 atom stereocenters. The first-order valence-electron chi connectivity index (χ1n) is 7.24. The quantitative estimate of drug-likeness (QED) is 0.781. The Hall–Kier alpha value is -2.75. The minimum Gasteiger partial charge on any atom is -0.507 e. The van der Waals surface area contributed by atoms with Gasteiger partial charge in [-0.05, 0) is 29.7 Å². The van der Waals surface area contributed by atoms with E-state index in [1.54, 1.807) is 6.07 Å². The summed E-state index contributed by atoms with van der Waals surface area (Å²) in [5.41, 5.74) is 2.03. The van der Waals surface area contributed by atoms with Crippen molar-refractivity contribution in [1.29, 1.82) is 0 Å². The van der Waals surface area contributed by atoms with Gasteiger partial charge in [0, 0.05) is 11.5 Å². The van der Waals surface area contributed by atoms with Crippen molar-refractivity contribution >= 4 is 10.8 Å². The lowest BCUT2D eigenvalue weighted by molar-refractivity contribution is 0.381. The number of benzene rings is 3. The van der Waals surface area contributed by atoms with Crippen LogP contribution in [0.4, 0.5) is 4.39 Å². The van der Waals surface area contributed by atoms with Gasteiger partial charge in [-0.3, -0.25) is 0 Å². The van der Waals surface area contributed by atoms with Crippen LogP contribution in [0.15, 0.2) is 48.5 Å². The van der Waals surface area contributed by atoms with E-state index in [-0.39, 0.29) is 11.5 Å². The number of ether oxygens (including phenoxy) is 2. The molecule has 3 rings (SSSR count). The number of rotatable bonds is 4. The third-order valence-corrected chi connectivity index (χ3v) is 3.82. The molecular formula is C19H17FO3. The molecule has 0 saturated heterocycles. The summed E-state index contributed by atoms with van der Waals surface area (Å²) in [4.78, 5) is 0. The molecule has 3 aromatic rings. The molecule has 4 heteroatoms. The second-order valence-electron chi connectivity index (χ2n) is 5.29. The third kappa shape index (κ3) is 2.80. The van der Waals surface area contributed by atoms with E-state index >= 15 is 0 Å². The first kappa shape index (κ1) is 15.2. The summed E-state index contributed by atoms with van der Waals surface area (Å²) in [6.07, 6.45) is 0.660. The van der Waals surface area contributed by atoms with Gasteiger partial charge in [0.1, 0.15) is 11.5 Å². The van der Waals surface area contributed by atoms with Crippen molar-refractivity contribution in [3.05, 3.63) is 65.5 Å². The van der Waals surface area contributed by atoms with E-state index in [1.165, 1.54) is 20.3 Å². The lowest BCUT2D eigenvalue weighted by Crippen LogP contribution is -1.96. The second kappa shape index (κ2) is 6.16. The molecule has 23 heavy (non-hydrogen) atoms. The van der Waals surface area contributed by atoms with Crippen molar-refractivity contribution in [2.24, 2.45) is 0 Å². The zero-order valence-corrected chi connectivity index (χ0v) is 13.0. The molecule has 0 heterocycles. The molecule has 3 aromatic carbocycles. The average molecular weight is 312 g/mol. The van der Waals surface area contributed by atoms with E-state index in [9.17, 15) is 9.50 Å². The van der Waals surface area contributed by atoms with Crippen LogP contribution in [0.3, 0.4) is 0 Å². The summed E-state index contributed by atoms with van der Waals surface area (Å²) < 4.78 is 24.4. The zero-order valence-electron chi connectivity index (χ0n) is 13.0. The van der Waals surface area contributed by atoms with Crippen molar-refractivity contribution < 1.29 is 19.0 Å². The normalized spacial score (nSPS) is 10.7. The highest BCUT2D eigenvalue weighted by molar-refractivity contribution is 5.98. The highest BCUT2D eigenvalue weighted by atomic mass is 19.1. The number of fused-ring (bicyclic) bond motifs is 1. The monoisotopic (exact) mass is 312 g/mol. The molecule has 118 valence electrons. The molecule has 0 fully saturated rings. The fourth-order valence-electron chi connectivity index (χ4n) is 2.80. The van der Waals surface area contributed by atoms with Crippen LogP contribution in [0, 0.1) is 5.82 Å². The van der Waals surface area contributed by atoms with Gasteiger partial charge in [0.25, 0.3) is 0 Å². The van der Waals surface area contributed by atoms with Crippen LogP contribution in [0.25, 0.3) is 10.8 Å².